The van der Waals surface area contributed by atoms with E-state index in [9.17, 15) is 4.79 Å². The predicted octanol–water partition coefficient (Wildman–Crippen LogP) is 2.99. The van der Waals surface area contributed by atoms with E-state index in [1.54, 1.807) is 0 Å². The maximum absolute atomic E-state index is 10.5. The summed E-state index contributed by atoms with van der Waals surface area (Å²) in [5, 5.41) is 9.51. The van der Waals surface area contributed by atoms with Gasteiger partial charge >= 0.3 is 5.97 Å². The van der Waals surface area contributed by atoms with E-state index in [1.807, 2.05) is 18.2 Å². The van der Waals surface area contributed by atoms with Gasteiger partial charge < -0.3 is 10.0 Å². The van der Waals surface area contributed by atoms with Crippen LogP contribution in [0.15, 0.2) is 24.3 Å². The molecule has 0 bridgehead atoms. The molecule has 2 rings (SSSR count). The van der Waals surface area contributed by atoms with Crippen molar-refractivity contribution < 1.29 is 9.90 Å². The maximum atomic E-state index is 10.5. The minimum absolute atomic E-state index is 0.233. The number of carboxylic acid groups (broad SMARTS) is 1. The Morgan fingerprint density at radius 2 is 2.00 bits per heavy atom. The third-order valence-corrected chi connectivity index (χ3v) is 3.92. The van der Waals surface area contributed by atoms with E-state index in [2.05, 4.69) is 11.0 Å². The van der Waals surface area contributed by atoms with Crippen LogP contribution in [0.25, 0.3) is 0 Å². The highest BCUT2D eigenvalue weighted by atomic mass is 35.5. The largest absolute Gasteiger partial charge is 0.481 e. The van der Waals surface area contributed by atoms with Crippen LogP contribution in [-0.2, 0) is 4.79 Å². The van der Waals surface area contributed by atoms with Crippen LogP contribution in [0.5, 0.6) is 0 Å². The molecule has 0 aliphatic carbocycles. The van der Waals surface area contributed by atoms with Gasteiger partial charge in [-0.3, -0.25) is 4.79 Å². The van der Waals surface area contributed by atoms with Crippen LogP contribution < -0.4 is 0 Å². The molecule has 0 spiro atoms. The fourth-order valence-electron chi connectivity index (χ4n) is 2.53. The number of hydrogen-bond donors (Lipinski definition) is 1. The van der Waals surface area contributed by atoms with Crippen molar-refractivity contribution in [1.82, 2.24) is 4.90 Å². The summed E-state index contributed by atoms with van der Waals surface area (Å²) in [6.07, 6.45) is 2.35. The zero-order valence-electron chi connectivity index (χ0n) is 10.3. The van der Waals surface area contributed by atoms with Crippen LogP contribution in [0, 0.1) is 0 Å². The molecule has 0 amide bonds. The average Bonchev–Trinajstić information content (AvgIpc) is 2.38. The second-order valence-corrected chi connectivity index (χ2v) is 5.19. The van der Waals surface area contributed by atoms with E-state index in [1.165, 1.54) is 5.56 Å². The number of hydrogen-bond acceptors (Lipinski definition) is 2. The first kappa shape index (κ1) is 13.4. The molecule has 0 atom stereocenters. The van der Waals surface area contributed by atoms with Crippen molar-refractivity contribution in [2.75, 3.05) is 19.6 Å². The van der Waals surface area contributed by atoms with Gasteiger partial charge in [-0.1, -0.05) is 29.8 Å². The van der Waals surface area contributed by atoms with Crippen LogP contribution in [0.2, 0.25) is 5.02 Å². The van der Waals surface area contributed by atoms with E-state index in [0.29, 0.717) is 12.5 Å². The Bertz CT molecular complexity index is 414. The summed E-state index contributed by atoms with van der Waals surface area (Å²) in [6.45, 7) is 2.58. The molecular formula is C14H18ClNO2. The standard InChI is InChI=1S/C14H18ClNO2/c15-13-4-2-1-3-12(13)11-5-8-16(9-6-11)10-7-14(17)18/h1-4,11H,5-10H2,(H,17,18). The van der Waals surface area contributed by atoms with Crippen molar-refractivity contribution >= 4 is 17.6 Å². The van der Waals surface area contributed by atoms with Gasteiger partial charge in [0.2, 0.25) is 0 Å². The third-order valence-electron chi connectivity index (χ3n) is 3.57. The number of aliphatic carboxylic acids is 1. The second-order valence-electron chi connectivity index (χ2n) is 4.78. The summed E-state index contributed by atoms with van der Waals surface area (Å²) in [6, 6.07) is 8.01. The number of rotatable bonds is 4. The number of carboxylic acids is 1. The van der Waals surface area contributed by atoms with Crippen molar-refractivity contribution in [2.45, 2.75) is 25.2 Å². The number of piperidine rings is 1. The first-order valence-electron chi connectivity index (χ1n) is 6.35. The van der Waals surface area contributed by atoms with E-state index >= 15 is 0 Å². The number of benzene rings is 1. The summed E-state index contributed by atoms with van der Waals surface area (Å²) < 4.78 is 0. The van der Waals surface area contributed by atoms with Crippen LogP contribution in [0.1, 0.15) is 30.7 Å². The number of carbonyl (C=O) groups is 1. The molecule has 1 aliphatic heterocycles. The highest BCUT2D eigenvalue weighted by Crippen LogP contribution is 2.32. The molecule has 3 nitrogen and oxygen atoms in total. The second kappa shape index (κ2) is 6.21. The summed E-state index contributed by atoms with van der Waals surface area (Å²) in [4.78, 5) is 12.8. The molecule has 0 radical (unpaired) electrons. The van der Waals surface area contributed by atoms with Crippen molar-refractivity contribution in [3.8, 4) is 0 Å². The summed E-state index contributed by atoms with van der Waals surface area (Å²) >= 11 is 6.21. The Labute approximate surface area is 112 Å². The van der Waals surface area contributed by atoms with Gasteiger partial charge in [0, 0.05) is 11.6 Å². The minimum atomic E-state index is -0.719. The highest BCUT2D eigenvalue weighted by Gasteiger charge is 2.22. The topological polar surface area (TPSA) is 40.5 Å². The molecule has 98 valence electrons. The molecule has 1 N–H and O–H groups in total. The van der Waals surface area contributed by atoms with E-state index < -0.39 is 5.97 Å². The van der Waals surface area contributed by atoms with Crippen LogP contribution >= 0.6 is 11.6 Å². The molecule has 1 heterocycles. The smallest absolute Gasteiger partial charge is 0.304 e. The molecule has 1 aliphatic rings. The maximum Gasteiger partial charge on any atom is 0.304 e. The summed E-state index contributed by atoms with van der Waals surface area (Å²) in [7, 11) is 0. The highest BCUT2D eigenvalue weighted by molar-refractivity contribution is 6.31. The Balaban J connectivity index is 1.87. The first-order chi connectivity index (χ1) is 8.66. The number of halogens is 1. The molecule has 1 aromatic rings. The van der Waals surface area contributed by atoms with Gasteiger partial charge in [-0.05, 0) is 43.5 Å². The fourth-order valence-corrected chi connectivity index (χ4v) is 2.82. The quantitative estimate of drug-likeness (QED) is 0.912. The Morgan fingerprint density at radius 1 is 1.33 bits per heavy atom. The SMILES string of the molecule is O=C(O)CCN1CCC(c2ccccc2Cl)CC1. The lowest BCUT2D eigenvalue weighted by Gasteiger charge is -2.32. The number of likely N-dealkylation sites (tertiary alicyclic amines) is 1. The van der Waals surface area contributed by atoms with Crippen LogP contribution in [-0.4, -0.2) is 35.6 Å². The molecule has 1 fully saturated rings. The zero-order valence-corrected chi connectivity index (χ0v) is 11.1. The molecule has 1 aromatic carbocycles. The number of nitrogens with zero attached hydrogens (tertiary/aromatic N) is 1. The van der Waals surface area contributed by atoms with Crippen LogP contribution in [0.4, 0.5) is 0 Å². The summed E-state index contributed by atoms with van der Waals surface area (Å²) in [5.74, 6) is -0.206. The molecule has 4 heteroatoms. The lowest BCUT2D eigenvalue weighted by atomic mass is 9.89. The van der Waals surface area contributed by atoms with Gasteiger partial charge in [-0.2, -0.15) is 0 Å². The Kier molecular flexibility index (Phi) is 4.61. The van der Waals surface area contributed by atoms with E-state index in [4.69, 9.17) is 16.7 Å². The van der Waals surface area contributed by atoms with Gasteiger partial charge in [-0.25, -0.2) is 0 Å². The van der Waals surface area contributed by atoms with Gasteiger partial charge in [0.1, 0.15) is 0 Å². The molecule has 0 unspecified atom stereocenters. The van der Waals surface area contributed by atoms with Gasteiger partial charge in [0.15, 0.2) is 0 Å². The lowest BCUT2D eigenvalue weighted by Crippen LogP contribution is -2.34. The molecule has 18 heavy (non-hydrogen) atoms. The van der Waals surface area contributed by atoms with E-state index in [0.717, 1.165) is 31.0 Å². The Hall–Kier alpha value is -1.06. The Morgan fingerprint density at radius 3 is 2.61 bits per heavy atom. The van der Waals surface area contributed by atoms with Gasteiger partial charge in [0.05, 0.1) is 6.42 Å². The molecule has 0 saturated carbocycles. The average molecular weight is 268 g/mol. The minimum Gasteiger partial charge on any atom is -0.481 e. The van der Waals surface area contributed by atoms with E-state index in [-0.39, 0.29) is 6.42 Å². The fraction of sp³-hybridized carbons (Fsp3) is 0.500. The first-order valence-corrected chi connectivity index (χ1v) is 6.73. The third kappa shape index (κ3) is 3.47. The summed E-state index contributed by atoms with van der Waals surface area (Å²) in [5.41, 5.74) is 1.23. The van der Waals surface area contributed by atoms with Gasteiger partial charge in [-0.15, -0.1) is 0 Å². The van der Waals surface area contributed by atoms with Gasteiger partial charge in [0.25, 0.3) is 0 Å². The van der Waals surface area contributed by atoms with Crippen LogP contribution in [0.3, 0.4) is 0 Å². The monoisotopic (exact) mass is 267 g/mol. The molecule has 1 saturated heterocycles. The van der Waals surface area contributed by atoms with Crippen molar-refractivity contribution in [1.29, 1.82) is 0 Å². The molecule has 0 aromatic heterocycles. The van der Waals surface area contributed by atoms with Crippen molar-refractivity contribution in [2.24, 2.45) is 0 Å². The lowest BCUT2D eigenvalue weighted by molar-refractivity contribution is -0.137. The zero-order chi connectivity index (χ0) is 13.0. The predicted molar refractivity (Wildman–Crippen MR) is 72.1 cm³/mol. The molecular weight excluding hydrogens is 250 g/mol. The normalized spacial score (nSPS) is 17.8. The van der Waals surface area contributed by atoms with Crippen molar-refractivity contribution in [3.05, 3.63) is 34.9 Å². The van der Waals surface area contributed by atoms with Crippen molar-refractivity contribution in [3.63, 3.8) is 0 Å².